The van der Waals surface area contributed by atoms with Crippen molar-refractivity contribution in [2.45, 2.75) is 24.5 Å². The van der Waals surface area contributed by atoms with Crippen molar-refractivity contribution in [3.63, 3.8) is 0 Å². The van der Waals surface area contributed by atoms with Crippen LogP contribution >= 0.6 is 0 Å². The smallest absolute Gasteiger partial charge is 0.298 e. The summed E-state index contributed by atoms with van der Waals surface area (Å²) >= 11 is 0. The maximum atomic E-state index is 12.1. The van der Waals surface area contributed by atoms with E-state index in [1.54, 1.807) is 0 Å². The number of rotatable bonds is 5. The largest absolute Gasteiger partial charge is 0.423 e. The van der Waals surface area contributed by atoms with E-state index < -0.39 is 10.2 Å². The predicted molar refractivity (Wildman–Crippen MR) is 101 cm³/mol. The minimum absolute atomic E-state index is 0.130. The molecular formula is C18H24N4O4S. The maximum Gasteiger partial charge on any atom is 0.298 e. The molecule has 3 saturated heterocycles. The molecule has 3 aliphatic heterocycles. The van der Waals surface area contributed by atoms with Crippen LogP contribution in [-0.4, -0.2) is 63.1 Å². The van der Waals surface area contributed by atoms with Gasteiger partial charge >= 0.3 is 0 Å². The van der Waals surface area contributed by atoms with Crippen LogP contribution in [0.25, 0.3) is 11.1 Å². The Kier molecular flexibility index (Phi) is 3.81. The third kappa shape index (κ3) is 2.67. The Bertz CT molecular complexity index is 942. The Labute approximate surface area is 158 Å². The Morgan fingerprint density at radius 3 is 2.96 bits per heavy atom. The number of fused-ring (bicyclic) bond motifs is 2. The lowest BCUT2D eigenvalue weighted by atomic mass is 9.74. The molecule has 2 aromatic rings. The molecule has 4 atom stereocenters. The number of hydrogen-bond acceptors (Lipinski definition) is 6. The van der Waals surface area contributed by atoms with Crippen LogP contribution in [0.3, 0.4) is 0 Å². The quantitative estimate of drug-likeness (QED) is 0.823. The first-order valence-corrected chi connectivity index (χ1v) is 10.8. The molecule has 4 heterocycles. The van der Waals surface area contributed by atoms with Crippen LogP contribution in [0.2, 0.25) is 0 Å². The van der Waals surface area contributed by atoms with Crippen molar-refractivity contribution >= 4 is 27.3 Å². The summed E-state index contributed by atoms with van der Waals surface area (Å²) in [7, 11) is -0.366. The number of ether oxygens (including phenoxy) is 1. The van der Waals surface area contributed by atoms with Crippen LogP contribution in [0.4, 0.5) is 6.01 Å². The fourth-order valence-electron chi connectivity index (χ4n) is 4.94. The molecule has 3 aliphatic rings. The van der Waals surface area contributed by atoms with Crippen molar-refractivity contribution in [3.05, 3.63) is 24.3 Å². The highest BCUT2D eigenvalue weighted by Gasteiger charge is 2.63. The Morgan fingerprint density at radius 2 is 2.19 bits per heavy atom. The van der Waals surface area contributed by atoms with Gasteiger partial charge in [-0.15, -0.1) is 0 Å². The summed E-state index contributed by atoms with van der Waals surface area (Å²) in [5, 5.41) is 0. The van der Waals surface area contributed by atoms with E-state index in [0.717, 1.165) is 37.0 Å². The molecule has 1 spiro atoms. The normalized spacial score (nSPS) is 32.7. The summed E-state index contributed by atoms with van der Waals surface area (Å²) in [6, 6.07) is 8.37. The van der Waals surface area contributed by atoms with Gasteiger partial charge in [-0.1, -0.05) is 12.1 Å². The van der Waals surface area contributed by atoms with E-state index in [0.29, 0.717) is 12.6 Å². The average molecular weight is 392 g/mol. The third-order valence-corrected chi connectivity index (χ3v) is 7.81. The monoisotopic (exact) mass is 392 g/mol. The molecule has 0 saturated carbocycles. The van der Waals surface area contributed by atoms with E-state index in [2.05, 4.69) is 14.6 Å². The van der Waals surface area contributed by atoms with Crippen molar-refractivity contribution in [3.8, 4) is 0 Å². The second kappa shape index (κ2) is 5.91. The summed E-state index contributed by atoms with van der Waals surface area (Å²) in [5.41, 5.74) is 1.42. The molecule has 0 unspecified atom stereocenters. The summed E-state index contributed by atoms with van der Waals surface area (Å²) in [5.74, 6) is 0.443. The zero-order valence-electron chi connectivity index (χ0n) is 15.5. The molecule has 1 aromatic carbocycles. The van der Waals surface area contributed by atoms with Gasteiger partial charge < -0.3 is 14.1 Å². The average Bonchev–Trinajstić information content (AvgIpc) is 3.37. The van der Waals surface area contributed by atoms with Gasteiger partial charge in [0.15, 0.2) is 5.58 Å². The number of oxazole rings is 1. The lowest BCUT2D eigenvalue weighted by molar-refractivity contribution is 0.0140. The van der Waals surface area contributed by atoms with E-state index in [4.69, 9.17) is 9.15 Å². The van der Waals surface area contributed by atoms with E-state index in [1.807, 2.05) is 24.3 Å². The first-order chi connectivity index (χ1) is 12.9. The van der Waals surface area contributed by atoms with E-state index in [9.17, 15) is 8.42 Å². The molecule has 27 heavy (non-hydrogen) atoms. The number of benzene rings is 1. The van der Waals surface area contributed by atoms with Crippen molar-refractivity contribution in [2.24, 2.45) is 11.8 Å². The molecule has 8 nitrogen and oxygen atoms in total. The van der Waals surface area contributed by atoms with Crippen LogP contribution in [-0.2, 0) is 14.9 Å². The lowest BCUT2D eigenvalue weighted by Crippen LogP contribution is -2.44. The van der Waals surface area contributed by atoms with Crippen molar-refractivity contribution in [2.75, 3.05) is 38.6 Å². The highest BCUT2D eigenvalue weighted by Crippen LogP contribution is 2.55. The molecule has 0 amide bonds. The maximum absolute atomic E-state index is 12.1. The van der Waals surface area contributed by atoms with E-state index in [1.165, 1.54) is 18.4 Å². The van der Waals surface area contributed by atoms with Gasteiger partial charge in [0, 0.05) is 39.0 Å². The second-order valence-electron chi connectivity index (χ2n) is 8.01. The molecular weight excluding hydrogens is 368 g/mol. The molecule has 3 fully saturated rings. The van der Waals surface area contributed by atoms with Crippen LogP contribution in [0, 0.1) is 11.8 Å². The van der Waals surface area contributed by atoms with Crippen molar-refractivity contribution in [1.82, 2.24) is 14.0 Å². The zero-order valence-corrected chi connectivity index (χ0v) is 16.3. The van der Waals surface area contributed by atoms with Gasteiger partial charge in [0.25, 0.3) is 16.2 Å². The SMILES string of the molecule is CN(C)S(=O)(=O)NC[C@H]1[C@H]2CN(c3nc4ccccc4o3)C[C@]23CC[C@H]1O3. The van der Waals surface area contributed by atoms with Gasteiger partial charge in [0.2, 0.25) is 0 Å². The van der Waals surface area contributed by atoms with Gasteiger partial charge in [-0.2, -0.15) is 17.7 Å². The third-order valence-electron chi connectivity index (χ3n) is 6.32. The zero-order chi connectivity index (χ0) is 18.8. The Morgan fingerprint density at radius 1 is 1.37 bits per heavy atom. The van der Waals surface area contributed by atoms with E-state index >= 15 is 0 Å². The number of hydrogen-bond donors (Lipinski definition) is 1. The summed E-state index contributed by atoms with van der Waals surface area (Å²) in [4.78, 5) is 6.77. The van der Waals surface area contributed by atoms with Gasteiger partial charge in [-0.05, 0) is 25.0 Å². The van der Waals surface area contributed by atoms with Gasteiger partial charge in [0.05, 0.1) is 18.2 Å². The van der Waals surface area contributed by atoms with Crippen molar-refractivity contribution < 1.29 is 17.6 Å². The van der Waals surface area contributed by atoms with Gasteiger partial charge in [-0.25, -0.2) is 4.72 Å². The number of nitrogens with zero attached hydrogens (tertiary/aromatic N) is 3. The van der Waals surface area contributed by atoms with Crippen LogP contribution in [0.1, 0.15) is 12.8 Å². The fraction of sp³-hybridized carbons (Fsp3) is 0.611. The highest BCUT2D eigenvalue weighted by molar-refractivity contribution is 7.87. The second-order valence-corrected chi connectivity index (χ2v) is 9.98. The van der Waals surface area contributed by atoms with E-state index in [-0.39, 0.29) is 23.5 Å². The molecule has 9 heteroatoms. The lowest BCUT2D eigenvalue weighted by Gasteiger charge is -2.29. The highest BCUT2D eigenvalue weighted by atomic mass is 32.2. The topological polar surface area (TPSA) is 87.9 Å². The standard InChI is InChI=1S/C18H24N4O4S/c1-21(2)27(23,24)19-9-12-13-10-22(11-18(13)8-7-15(12)26-18)17-20-14-5-3-4-6-16(14)25-17/h3-6,12-13,15,19H,7-11H2,1-2H3/t12-,13+,15+,18+/m0/s1. The number of aromatic nitrogens is 1. The molecule has 5 rings (SSSR count). The molecule has 0 aliphatic carbocycles. The predicted octanol–water partition coefficient (Wildman–Crippen LogP) is 1.21. The molecule has 1 aromatic heterocycles. The summed E-state index contributed by atoms with van der Waals surface area (Å²) in [6.45, 7) is 1.93. The van der Waals surface area contributed by atoms with Crippen LogP contribution < -0.4 is 9.62 Å². The Balaban J connectivity index is 1.37. The summed E-state index contributed by atoms with van der Waals surface area (Å²) < 4.78 is 40.5. The van der Waals surface area contributed by atoms with Crippen LogP contribution in [0.15, 0.2) is 28.7 Å². The minimum atomic E-state index is -3.43. The molecule has 1 N–H and O–H groups in total. The first kappa shape index (κ1) is 17.4. The first-order valence-electron chi connectivity index (χ1n) is 9.33. The van der Waals surface area contributed by atoms with Gasteiger partial charge in [-0.3, -0.25) is 0 Å². The minimum Gasteiger partial charge on any atom is -0.423 e. The fourth-order valence-corrected chi connectivity index (χ4v) is 5.60. The van der Waals surface area contributed by atoms with Crippen molar-refractivity contribution in [1.29, 1.82) is 0 Å². The molecule has 146 valence electrons. The number of anilines is 1. The Hall–Kier alpha value is -1.68. The van der Waals surface area contributed by atoms with Crippen LogP contribution in [0.5, 0.6) is 0 Å². The number of nitrogens with one attached hydrogen (secondary N) is 1. The molecule has 2 bridgehead atoms. The summed E-state index contributed by atoms with van der Waals surface area (Å²) in [6.07, 6.45) is 2.12. The molecule has 0 radical (unpaired) electrons. The van der Waals surface area contributed by atoms with Gasteiger partial charge in [0.1, 0.15) is 5.52 Å². The number of para-hydroxylation sites is 2.